The van der Waals surface area contributed by atoms with Crippen LogP contribution in [0.5, 0.6) is 0 Å². The van der Waals surface area contributed by atoms with Gasteiger partial charge in [-0.1, -0.05) is 37.3 Å². The highest BCUT2D eigenvalue weighted by atomic mass is 19.1. The minimum atomic E-state index is -0.285. The van der Waals surface area contributed by atoms with Crippen LogP contribution < -0.4 is 10.6 Å². The van der Waals surface area contributed by atoms with Crippen LogP contribution in [0, 0.1) is 19.7 Å². The number of halogens is 1. The van der Waals surface area contributed by atoms with Crippen molar-refractivity contribution in [2.45, 2.75) is 33.7 Å². The Morgan fingerprint density at radius 1 is 1.00 bits per heavy atom. The highest BCUT2D eigenvalue weighted by Crippen LogP contribution is 2.13. The molecular weight excluding hydrogens is 357 g/mol. The van der Waals surface area contributed by atoms with Crippen molar-refractivity contribution in [3.05, 3.63) is 65.0 Å². The molecule has 2 amide bonds. The van der Waals surface area contributed by atoms with Gasteiger partial charge in [0.25, 0.3) is 0 Å². The Hall–Kier alpha value is -2.73. The lowest BCUT2D eigenvalue weighted by atomic mass is 10.1. The molecule has 150 valence electrons. The van der Waals surface area contributed by atoms with Gasteiger partial charge in [-0.3, -0.25) is 14.5 Å². The Morgan fingerprint density at radius 3 is 2.39 bits per heavy atom. The molecule has 0 aromatic heterocycles. The van der Waals surface area contributed by atoms with Crippen LogP contribution in [-0.2, 0) is 16.1 Å². The van der Waals surface area contributed by atoms with Crippen molar-refractivity contribution < 1.29 is 14.0 Å². The Kier molecular flexibility index (Phi) is 8.14. The zero-order valence-corrected chi connectivity index (χ0v) is 16.7. The van der Waals surface area contributed by atoms with Gasteiger partial charge in [0.15, 0.2) is 0 Å². The van der Waals surface area contributed by atoms with Crippen molar-refractivity contribution in [1.29, 1.82) is 0 Å². The first-order valence-electron chi connectivity index (χ1n) is 9.48. The maximum atomic E-state index is 13.6. The fourth-order valence-corrected chi connectivity index (χ4v) is 2.84. The van der Waals surface area contributed by atoms with Crippen LogP contribution in [0.1, 0.15) is 30.0 Å². The molecule has 0 bridgehead atoms. The van der Waals surface area contributed by atoms with E-state index in [9.17, 15) is 14.0 Å². The number of para-hydroxylation sites is 1. The van der Waals surface area contributed by atoms with Crippen LogP contribution in [0.2, 0.25) is 0 Å². The summed E-state index contributed by atoms with van der Waals surface area (Å²) in [5.74, 6) is -0.637. The largest absolute Gasteiger partial charge is 0.351 e. The van der Waals surface area contributed by atoms with E-state index in [-0.39, 0.29) is 37.3 Å². The molecule has 5 nitrogen and oxygen atoms in total. The molecule has 2 aromatic carbocycles. The highest BCUT2D eigenvalue weighted by molar-refractivity contribution is 5.93. The number of carbonyl (C=O) groups excluding carboxylic acids is 2. The standard InChI is InChI=1S/C22H28FN3O2/c1-4-11-26(15-22(28)25-20-8-6-5-7-17(20)3)14-21(27)24-13-18-10-9-16(2)19(23)12-18/h5-10,12H,4,11,13-15H2,1-3H3,(H,24,27)(H,25,28). The predicted octanol–water partition coefficient (Wildman–Crippen LogP) is 3.41. The lowest BCUT2D eigenvalue weighted by molar-refractivity contribution is -0.123. The van der Waals surface area contributed by atoms with E-state index in [4.69, 9.17) is 0 Å². The monoisotopic (exact) mass is 385 g/mol. The molecular formula is C22H28FN3O2. The van der Waals surface area contributed by atoms with Crippen LogP contribution >= 0.6 is 0 Å². The van der Waals surface area contributed by atoms with Gasteiger partial charge in [-0.2, -0.15) is 0 Å². The van der Waals surface area contributed by atoms with Gasteiger partial charge in [0.2, 0.25) is 11.8 Å². The Bertz CT molecular complexity index is 823. The first-order chi connectivity index (χ1) is 13.4. The van der Waals surface area contributed by atoms with E-state index in [2.05, 4.69) is 10.6 Å². The maximum absolute atomic E-state index is 13.6. The van der Waals surface area contributed by atoms with Crippen LogP contribution in [0.3, 0.4) is 0 Å². The fourth-order valence-electron chi connectivity index (χ4n) is 2.84. The van der Waals surface area contributed by atoms with E-state index in [0.29, 0.717) is 17.7 Å². The number of amides is 2. The smallest absolute Gasteiger partial charge is 0.238 e. The van der Waals surface area contributed by atoms with Crippen molar-refractivity contribution in [2.24, 2.45) is 0 Å². The van der Waals surface area contributed by atoms with E-state index in [1.807, 2.05) is 38.1 Å². The number of hydrogen-bond donors (Lipinski definition) is 2. The first-order valence-corrected chi connectivity index (χ1v) is 9.48. The summed E-state index contributed by atoms with van der Waals surface area (Å²) in [4.78, 5) is 26.4. The van der Waals surface area contributed by atoms with Gasteiger partial charge in [-0.25, -0.2) is 4.39 Å². The normalized spacial score (nSPS) is 10.8. The molecule has 0 aliphatic rings. The molecule has 2 rings (SSSR count). The second-order valence-corrected chi connectivity index (χ2v) is 6.93. The summed E-state index contributed by atoms with van der Waals surface area (Å²) in [6.45, 7) is 6.76. The van der Waals surface area contributed by atoms with E-state index in [0.717, 1.165) is 17.7 Å². The van der Waals surface area contributed by atoms with E-state index in [1.54, 1.807) is 24.0 Å². The molecule has 0 atom stereocenters. The summed E-state index contributed by atoms with van der Waals surface area (Å²) >= 11 is 0. The zero-order chi connectivity index (χ0) is 20.5. The zero-order valence-electron chi connectivity index (χ0n) is 16.7. The number of carbonyl (C=O) groups is 2. The van der Waals surface area contributed by atoms with Gasteiger partial charge < -0.3 is 10.6 Å². The minimum absolute atomic E-state index is 0.114. The minimum Gasteiger partial charge on any atom is -0.351 e. The molecule has 0 aliphatic carbocycles. The molecule has 0 unspecified atom stereocenters. The van der Waals surface area contributed by atoms with Gasteiger partial charge in [0.1, 0.15) is 5.82 Å². The summed E-state index contributed by atoms with van der Waals surface area (Å²) in [6.07, 6.45) is 0.827. The summed E-state index contributed by atoms with van der Waals surface area (Å²) in [6, 6.07) is 12.5. The van der Waals surface area contributed by atoms with E-state index >= 15 is 0 Å². The van der Waals surface area contributed by atoms with Crippen molar-refractivity contribution >= 4 is 17.5 Å². The van der Waals surface area contributed by atoms with Crippen molar-refractivity contribution in [1.82, 2.24) is 10.2 Å². The average Bonchev–Trinajstić information content (AvgIpc) is 2.65. The van der Waals surface area contributed by atoms with Crippen LogP contribution in [0.4, 0.5) is 10.1 Å². The summed E-state index contributed by atoms with van der Waals surface area (Å²) < 4.78 is 13.6. The first kappa shape index (κ1) is 21.6. The molecule has 0 heterocycles. The van der Waals surface area contributed by atoms with Crippen molar-refractivity contribution in [2.75, 3.05) is 25.0 Å². The topological polar surface area (TPSA) is 61.4 Å². The molecule has 0 aliphatic heterocycles. The second kappa shape index (κ2) is 10.6. The van der Waals surface area contributed by atoms with Crippen LogP contribution in [0.15, 0.2) is 42.5 Å². The fraction of sp³-hybridized carbons (Fsp3) is 0.364. The molecule has 0 radical (unpaired) electrons. The lowest BCUT2D eigenvalue weighted by Gasteiger charge is -2.21. The van der Waals surface area contributed by atoms with Crippen molar-refractivity contribution in [3.8, 4) is 0 Å². The highest BCUT2D eigenvalue weighted by Gasteiger charge is 2.14. The van der Waals surface area contributed by atoms with Gasteiger partial charge in [-0.15, -0.1) is 0 Å². The molecule has 2 aromatic rings. The number of benzene rings is 2. The number of nitrogens with one attached hydrogen (secondary N) is 2. The maximum Gasteiger partial charge on any atom is 0.238 e. The SMILES string of the molecule is CCCN(CC(=O)NCc1ccc(C)c(F)c1)CC(=O)Nc1ccccc1C. The second-order valence-electron chi connectivity index (χ2n) is 6.93. The summed E-state index contributed by atoms with van der Waals surface area (Å²) in [7, 11) is 0. The van der Waals surface area contributed by atoms with Crippen LogP contribution in [-0.4, -0.2) is 36.3 Å². The molecule has 2 N–H and O–H groups in total. The third-order valence-electron chi connectivity index (χ3n) is 4.42. The van der Waals surface area contributed by atoms with Gasteiger partial charge in [-0.05, 0) is 55.6 Å². The van der Waals surface area contributed by atoms with Gasteiger partial charge in [0.05, 0.1) is 13.1 Å². The number of rotatable bonds is 9. The van der Waals surface area contributed by atoms with E-state index < -0.39 is 0 Å². The number of anilines is 1. The lowest BCUT2D eigenvalue weighted by Crippen LogP contribution is -2.41. The summed E-state index contributed by atoms with van der Waals surface area (Å²) in [5.41, 5.74) is 3.04. The number of aryl methyl sites for hydroxylation is 2. The third-order valence-corrected chi connectivity index (χ3v) is 4.42. The average molecular weight is 385 g/mol. The molecule has 0 spiro atoms. The molecule has 28 heavy (non-hydrogen) atoms. The Balaban J connectivity index is 1.86. The number of hydrogen-bond acceptors (Lipinski definition) is 3. The quantitative estimate of drug-likeness (QED) is 0.695. The predicted molar refractivity (Wildman–Crippen MR) is 110 cm³/mol. The Labute approximate surface area is 165 Å². The molecule has 0 saturated heterocycles. The summed E-state index contributed by atoms with van der Waals surface area (Å²) in [5, 5.41) is 5.68. The van der Waals surface area contributed by atoms with Crippen LogP contribution in [0.25, 0.3) is 0 Å². The molecule has 6 heteroatoms. The van der Waals surface area contributed by atoms with E-state index in [1.165, 1.54) is 6.07 Å². The molecule has 0 fully saturated rings. The Morgan fingerprint density at radius 2 is 1.71 bits per heavy atom. The van der Waals surface area contributed by atoms with Gasteiger partial charge >= 0.3 is 0 Å². The molecule has 0 saturated carbocycles. The number of nitrogens with zero attached hydrogens (tertiary/aromatic N) is 1. The third kappa shape index (κ3) is 6.78. The van der Waals surface area contributed by atoms with Gasteiger partial charge in [0, 0.05) is 12.2 Å². The van der Waals surface area contributed by atoms with Crippen molar-refractivity contribution in [3.63, 3.8) is 0 Å².